The number of carbonyl (C=O) groups excluding carboxylic acids is 2. The normalized spacial score (nSPS) is 10.6. The van der Waals surface area contributed by atoms with Crippen LogP contribution in [0.1, 0.15) is 28.4 Å². The summed E-state index contributed by atoms with van der Waals surface area (Å²) in [5.41, 5.74) is 2.06. The van der Waals surface area contributed by atoms with Gasteiger partial charge in [0.15, 0.2) is 0 Å². The standard InChI is InChI=1S/C24H21ClN2O4/c1-2-30-24(29)18-13-14-26-22(15-18)27-23(28)12-9-17-7-10-20(11-8-17)31-16-19-5-3-4-6-21(19)25/h3-15H,2,16H2,1H3,(H,26,27,28)/b12-9+. The molecule has 2 aromatic carbocycles. The summed E-state index contributed by atoms with van der Waals surface area (Å²) in [5.74, 6) is 0.130. The summed E-state index contributed by atoms with van der Waals surface area (Å²) in [5, 5.41) is 3.29. The molecule has 1 heterocycles. The number of halogens is 1. The zero-order valence-electron chi connectivity index (χ0n) is 16.9. The van der Waals surface area contributed by atoms with Gasteiger partial charge in [-0.05, 0) is 48.9 Å². The number of esters is 1. The first-order chi connectivity index (χ1) is 15.0. The van der Waals surface area contributed by atoms with Crippen molar-refractivity contribution in [3.05, 3.63) is 94.6 Å². The molecule has 0 aliphatic carbocycles. The van der Waals surface area contributed by atoms with Crippen LogP contribution in [0.4, 0.5) is 5.82 Å². The maximum atomic E-state index is 12.2. The van der Waals surface area contributed by atoms with Gasteiger partial charge < -0.3 is 14.8 Å². The van der Waals surface area contributed by atoms with Crippen LogP contribution in [0, 0.1) is 0 Å². The second kappa shape index (κ2) is 10.9. The van der Waals surface area contributed by atoms with Crippen molar-refractivity contribution in [2.24, 2.45) is 0 Å². The van der Waals surface area contributed by atoms with Gasteiger partial charge in [0.1, 0.15) is 18.2 Å². The third-order valence-electron chi connectivity index (χ3n) is 4.18. The molecule has 0 aliphatic rings. The Morgan fingerprint density at radius 3 is 2.61 bits per heavy atom. The Labute approximate surface area is 185 Å². The molecule has 0 aliphatic heterocycles. The third-order valence-corrected chi connectivity index (χ3v) is 4.55. The largest absolute Gasteiger partial charge is 0.489 e. The number of rotatable bonds is 8. The zero-order valence-corrected chi connectivity index (χ0v) is 17.6. The number of anilines is 1. The van der Waals surface area contributed by atoms with E-state index in [2.05, 4.69) is 10.3 Å². The number of ether oxygens (including phenoxy) is 2. The minimum atomic E-state index is -0.465. The highest BCUT2D eigenvalue weighted by Crippen LogP contribution is 2.19. The Morgan fingerprint density at radius 2 is 1.87 bits per heavy atom. The fourth-order valence-electron chi connectivity index (χ4n) is 2.63. The molecule has 0 unspecified atom stereocenters. The second-order valence-electron chi connectivity index (χ2n) is 6.42. The molecule has 0 spiro atoms. The van der Waals surface area contributed by atoms with Crippen LogP contribution in [-0.4, -0.2) is 23.5 Å². The van der Waals surface area contributed by atoms with Crippen LogP contribution in [0.2, 0.25) is 5.02 Å². The molecule has 1 amide bonds. The number of carbonyl (C=O) groups is 2. The van der Waals surface area contributed by atoms with E-state index in [0.29, 0.717) is 22.9 Å². The maximum absolute atomic E-state index is 12.2. The molecule has 0 fully saturated rings. The number of hydrogen-bond donors (Lipinski definition) is 1. The molecule has 0 saturated heterocycles. The van der Waals surface area contributed by atoms with Gasteiger partial charge in [-0.25, -0.2) is 9.78 Å². The number of nitrogens with zero attached hydrogens (tertiary/aromatic N) is 1. The molecular formula is C24H21ClN2O4. The van der Waals surface area contributed by atoms with Crippen LogP contribution in [0.5, 0.6) is 5.75 Å². The summed E-state index contributed by atoms with van der Waals surface area (Å²) in [6.45, 7) is 2.37. The molecular weight excluding hydrogens is 416 g/mol. The molecule has 1 aromatic heterocycles. The first-order valence-corrected chi connectivity index (χ1v) is 10.0. The van der Waals surface area contributed by atoms with Gasteiger partial charge in [-0.3, -0.25) is 4.79 Å². The van der Waals surface area contributed by atoms with Gasteiger partial charge in [0.25, 0.3) is 0 Å². The lowest BCUT2D eigenvalue weighted by molar-refractivity contribution is -0.111. The summed E-state index contributed by atoms with van der Waals surface area (Å²) in [6.07, 6.45) is 4.49. The number of nitrogens with one attached hydrogen (secondary N) is 1. The van der Waals surface area contributed by atoms with Crippen LogP contribution in [0.3, 0.4) is 0 Å². The molecule has 3 rings (SSSR count). The summed E-state index contributed by atoms with van der Waals surface area (Å²) in [6, 6.07) is 17.8. The Kier molecular flexibility index (Phi) is 7.79. The van der Waals surface area contributed by atoms with Crippen molar-refractivity contribution < 1.29 is 19.1 Å². The minimum absolute atomic E-state index is 0.267. The van der Waals surface area contributed by atoms with Crippen LogP contribution in [0.25, 0.3) is 6.08 Å². The van der Waals surface area contributed by atoms with Crippen molar-refractivity contribution in [2.45, 2.75) is 13.5 Å². The van der Waals surface area contributed by atoms with Crippen LogP contribution < -0.4 is 10.1 Å². The van der Waals surface area contributed by atoms with Crippen molar-refractivity contribution in [3.8, 4) is 5.75 Å². The van der Waals surface area contributed by atoms with E-state index in [1.165, 1.54) is 24.4 Å². The summed E-state index contributed by atoms with van der Waals surface area (Å²) < 4.78 is 10.7. The highest BCUT2D eigenvalue weighted by molar-refractivity contribution is 6.31. The average Bonchev–Trinajstić information content (AvgIpc) is 2.78. The van der Waals surface area contributed by atoms with Gasteiger partial charge in [-0.15, -0.1) is 0 Å². The van der Waals surface area contributed by atoms with E-state index in [0.717, 1.165) is 11.1 Å². The number of benzene rings is 2. The highest BCUT2D eigenvalue weighted by Gasteiger charge is 2.08. The van der Waals surface area contributed by atoms with E-state index in [4.69, 9.17) is 21.1 Å². The summed E-state index contributed by atoms with van der Waals surface area (Å²) >= 11 is 6.13. The van der Waals surface area contributed by atoms with Crippen molar-refractivity contribution in [1.29, 1.82) is 0 Å². The van der Waals surface area contributed by atoms with Crippen molar-refractivity contribution >= 4 is 35.4 Å². The van der Waals surface area contributed by atoms with Crippen molar-refractivity contribution in [1.82, 2.24) is 4.98 Å². The fourth-order valence-corrected chi connectivity index (χ4v) is 2.82. The number of hydrogen-bond acceptors (Lipinski definition) is 5. The molecule has 3 aromatic rings. The van der Waals surface area contributed by atoms with Crippen LogP contribution >= 0.6 is 11.6 Å². The molecule has 158 valence electrons. The van der Waals surface area contributed by atoms with E-state index in [1.54, 1.807) is 13.0 Å². The molecule has 0 bridgehead atoms. The summed E-state index contributed by atoms with van der Waals surface area (Å²) in [4.78, 5) is 28.0. The number of amides is 1. The van der Waals surface area contributed by atoms with E-state index in [1.807, 2.05) is 48.5 Å². The molecule has 1 N–H and O–H groups in total. The van der Waals surface area contributed by atoms with E-state index in [-0.39, 0.29) is 18.3 Å². The van der Waals surface area contributed by atoms with Gasteiger partial charge in [0.05, 0.1) is 12.2 Å². The Balaban J connectivity index is 1.54. The Morgan fingerprint density at radius 1 is 1.10 bits per heavy atom. The summed E-state index contributed by atoms with van der Waals surface area (Å²) in [7, 11) is 0. The zero-order chi connectivity index (χ0) is 22.1. The number of pyridine rings is 1. The van der Waals surface area contributed by atoms with Gasteiger partial charge in [-0.2, -0.15) is 0 Å². The fraction of sp³-hybridized carbons (Fsp3) is 0.125. The molecule has 0 atom stereocenters. The Hall–Kier alpha value is -3.64. The van der Waals surface area contributed by atoms with Crippen LogP contribution in [-0.2, 0) is 16.1 Å². The van der Waals surface area contributed by atoms with Crippen molar-refractivity contribution in [2.75, 3.05) is 11.9 Å². The third kappa shape index (κ3) is 6.69. The number of aromatic nitrogens is 1. The van der Waals surface area contributed by atoms with E-state index < -0.39 is 5.97 Å². The smallest absolute Gasteiger partial charge is 0.338 e. The van der Waals surface area contributed by atoms with E-state index >= 15 is 0 Å². The lowest BCUT2D eigenvalue weighted by atomic mass is 10.2. The Bertz CT molecular complexity index is 1080. The first-order valence-electron chi connectivity index (χ1n) is 9.63. The molecule has 7 heteroatoms. The predicted octanol–water partition coefficient (Wildman–Crippen LogP) is 5.14. The van der Waals surface area contributed by atoms with Crippen LogP contribution in [0.15, 0.2) is 72.9 Å². The lowest BCUT2D eigenvalue weighted by Gasteiger charge is -2.08. The quantitative estimate of drug-likeness (QED) is 0.390. The van der Waals surface area contributed by atoms with Gasteiger partial charge in [0, 0.05) is 22.9 Å². The van der Waals surface area contributed by atoms with E-state index in [9.17, 15) is 9.59 Å². The molecule has 31 heavy (non-hydrogen) atoms. The minimum Gasteiger partial charge on any atom is -0.489 e. The van der Waals surface area contributed by atoms with Gasteiger partial charge >= 0.3 is 5.97 Å². The molecule has 0 saturated carbocycles. The first kappa shape index (κ1) is 22.1. The van der Waals surface area contributed by atoms with Crippen molar-refractivity contribution in [3.63, 3.8) is 0 Å². The average molecular weight is 437 g/mol. The van der Waals surface area contributed by atoms with Gasteiger partial charge in [-0.1, -0.05) is 41.9 Å². The lowest BCUT2D eigenvalue weighted by Crippen LogP contribution is -2.11. The molecule has 0 radical (unpaired) electrons. The predicted molar refractivity (Wildman–Crippen MR) is 120 cm³/mol. The SMILES string of the molecule is CCOC(=O)c1ccnc(NC(=O)/C=C/c2ccc(OCc3ccccc3Cl)cc2)c1. The highest BCUT2D eigenvalue weighted by atomic mass is 35.5. The topological polar surface area (TPSA) is 77.5 Å². The second-order valence-corrected chi connectivity index (χ2v) is 6.83. The maximum Gasteiger partial charge on any atom is 0.338 e. The monoisotopic (exact) mass is 436 g/mol. The van der Waals surface area contributed by atoms with Gasteiger partial charge in [0.2, 0.25) is 5.91 Å². The molecule has 6 nitrogen and oxygen atoms in total.